The molecule has 0 saturated heterocycles. The number of hydrogen-bond acceptors (Lipinski definition) is 4. The van der Waals surface area contributed by atoms with E-state index in [9.17, 15) is 0 Å². The summed E-state index contributed by atoms with van der Waals surface area (Å²) in [4.78, 5) is 8.22. The summed E-state index contributed by atoms with van der Waals surface area (Å²) in [6, 6.07) is 0. The van der Waals surface area contributed by atoms with Crippen molar-refractivity contribution in [2.24, 2.45) is 0 Å². The van der Waals surface area contributed by atoms with Gasteiger partial charge in [0.2, 0.25) is 5.79 Å². The van der Waals surface area contributed by atoms with Crippen LogP contribution in [-0.4, -0.2) is 16.3 Å². The van der Waals surface area contributed by atoms with E-state index >= 15 is 0 Å². The van der Waals surface area contributed by atoms with Gasteiger partial charge in [0.05, 0.1) is 0 Å². The Hall–Kier alpha value is -0.160. The maximum absolute atomic E-state index is 8.49. The van der Waals surface area contributed by atoms with E-state index < -0.39 is 5.79 Å². The van der Waals surface area contributed by atoms with Crippen LogP contribution in [0.5, 0.6) is 0 Å². The Morgan fingerprint density at radius 2 is 1.67 bits per heavy atom. The molecule has 0 aliphatic carbocycles. The summed E-state index contributed by atoms with van der Waals surface area (Å²) in [7, 11) is 0. The van der Waals surface area contributed by atoms with Crippen LogP contribution in [0.3, 0.4) is 0 Å². The summed E-state index contributed by atoms with van der Waals surface area (Å²) in [5.41, 5.74) is 0. The molecule has 4 heteroatoms. The fourth-order valence-electron chi connectivity index (χ4n) is 1.06. The summed E-state index contributed by atoms with van der Waals surface area (Å²) in [5.74, 6) is -1.21. The fraction of sp³-hybridized carbons (Fsp3) is 1.00. The van der Waals surface area contributed by atoms with Gasteiger partial charge in [-0.3, -0.25) is 0 Å². The van der Waals surface area contributed by atoms with Crippen LogP contribution in [0.1, 0.15) is 46.0 Å². The molecule has 0 amide bonds. The predicted molar refractivity (Wildman–Crippen MR) is 44.6 cm³/mol. The Kier molecular flexibility index (Phi) is 6.28. The zero-order chi connectivity index (χ0) is 9.45. The van der Waals surface area contributed by atoms with Crippen molar-refractivity contribution >= 4 is 0 Å². The second-order valence-electron chi connectivity index (χ2n) is 2.90. The number of hydrogen-bond donors (Lipinski definition) is 2. The highest BCUT2D eigenvalue weighted by atomic mass is 17.2. The van der Waals surface area contributed by atoms with Crippen molar-refractivity contribution in [3.63, 3.8) is 0 Å². The molecule has 0 aromatic rings. The van der Waals surface area contributed by atoms with Gasteiger partial charge >= 0.3 is 0 Å². The second kappa shape index (κ2) is 6.37. The number of rotatable bonds is 7. The van der Waals surface area contributed by atoms with Gasteiger partial charge in [-0.1, -0.05) is 26.7 Å². The lowest BCUT2D eigenvalue weighted by atomic mass is 10.1. The third-order valence-electron chi connectivity index (χ3n) is 2.03. The molecule has 0 aliphatic heterocycles. The van der Waals surface area contributed by atoms with Crippen LogP contribution in [0.25, 0.3) is 0 Å². The van der Waals surface area contributed by atoms with Crippen LogP contribution >= 0.6 is 0 Å². The molecule has 0 radical (unpaired) electrons. The average Bonchev–Trinajstić information content (AvgIpc) is 2.14. The van der Waals surface area contributed by atoms with Crippen LogP contribution in [-0.2, 0) is 9.78 Å². The molecule has 4 nitrogen and oxygen atoms in total. The van der Waals surface area contributed by atoms with Gasteiger partial charge in [-0.15, -0.1) is 0 Å². The molecule has 0 bridgehead atoms. The molecule has 0 rings (SSSR count). The summed E-state index contributed by atoms with van der Waals surface area (Å²) in [6.45, 7) is 3.85. The van der Waals surface area contributed by atoms with Gasteiger partial charge in [-0.25, -0.2) is 20.3 Å². The summed E-state index contributed by atoms with van der Waals surface area (Å²) in [6.07, 6.45) is 3.91. The molecule has 0 aromatic heterocycles. The molecule has 12 heavy (non-hydrogen) atoms. The normalized spacial score (nSPS) is 12.0. The van der Waals surface area contributed by atoms with Gasteiger partial charge in [0.1, 0.15) is 0 Å². The second-order valence-corrected chi connectivity index (χ2v) is 2.90. The van der Waals surface area contributed by atoms with Crippen LogP contribution < -0.4 is 0 Å². The van der Waals surface area contributed by atoms with E-state index in [-0.39, 0.29) is 0 Å². The molecule has 0 aromatic carbocycles. The SMILES string of the molecule is CCCCCC(CC)(OO)OO. The first kappa shape index (κ1) is 11.8. The van der Waals surface area contributed by atoms with Crippen LogP contribution in [0.15, 0.2) is 0 Å². The highest BCUT2D eigenvalue weighted by Crippen LogP contribution is 2.23. The molecular weight excluding hydrogens is 160 g/mol. The van der Waals surface area contributed by atoms with E-state index in [1.54, 1.807) is 6.92 Å². The maximum Gasteiger partial charge on any atom is 0.233 e. The Balaban J connectivity index is 3.76. The van der Waals surface area contributed by atoms with E-state index in [1.165, 1.54) is 0 Å². The van der Waals surface area contributed by atoms with Crippen molar-refractivity contribution < 1.29 is 20.3 Å². The van der Waals surface area contributed by atoms with E-state index in [0.29, 0.717) is 12.8 Å². The van der Waals surface area contributed by atoms with Crippen molar-refractivity contribution in [3.8, 4) is 0 Å². The minimum atomic E-state index is -1.21. The number of unbranched alkanes of at least 4 members (excludes halogenated alkanes) is 2. The van der Waals surface area contributed by atoms with Gasteiger partial charge < -0.3 is 0 Å². The molecule has 0 unspecified atom stereocenters. The third-order valence-corrected chi connectivity index (χ3v) is 2.03. The van der Waals surface area contributed by atoms with Gasteiger partial charge in [-0.05, 0) is 6.42 Å². The van der Waals surface area contributed by atoms with Crippen LogP contribution in [0.2, 0.25) is 0 Å². The minimum absolute atomic E-state index is 0.420. The van der Waals surface area contributed by atoms with Gasteiger partial charge in [0.25, 0.3) is 0 Å². The summed E-state index contributed by atoms with van der Waals surface area (Å²) >= 11 is 0. The van der Waals surface area contributed by atoms with Crippen molar-refractivity contribution in [2.75, 3.05) is 0 Å². The summed E-state index contributed by atoms with van der Waals surface area (Å²) in [5, 5.41) is 17.0. The zero-order valence-electron chi connectivity index (χ0n) is 7.75. The minimum Gasteiger partial charge on any atom is -0.249 e. The monoisotopic (exact) mass is 178 g/mol. The highest BCUT2D eigenvalue weighted by molar-refractivity contribution is 4.64. The van der Waals surface area contributed by atoms with Gasteiger partial charge in [0.15, 0.2) is 0 Å². The van der Waals surface area contributed by atoms with E-state index in [0.717, 1.165) is 19.3 Å². The first-order valence-electron chi connectivity index (χ1n) is 4.39. The molecular formula is C8H18O4. The summed E-state index contributed by atoms with van der Waals surface area (Å²) < 4.78 is 0. The van der Waals surface area contributed by atoms with Crippen molar-refractivity contribution in [2.45, 2.75) is 51.7 Å². The van der Waals surface area contributed by atoms with E-state index in [2.05, 4.69) is 16.7 Å². The lowest BCUT2D eigenvalue weighted by molar-refractivity contribution is -0.488. The van der Waals surface area contributed by atoms with Crippen LogP contribution in [0.4, 0.5) is 0 Å². The topological polar surface area (TPSA) is 58.9 Å². The first-order valence-corrected chi connectivity index (χ1v) is 4.39. The molecule has 0 spiro atoms. The predicted octanol–water partition coefficient (Wildman–Crippen LogP) is 2.65. The lowest BCUT2D eigenvalue weighted by Crippen LogP contribution is -2.33. The lowest BCUT2D eigenvalue weighted by Gasteiger charge is -2.24. The van der Waals surface area contributed by atoms with Crippen LogP contribution in [0, 0.1) is 0 Å². The van der Waals surface area contributed by atoms with Crippen molar-refractivity contribution in [3.05, 3.63) is 0 Å². The van der Waals surface area contributed by atoms with Gasteiger partial charge in [0, 0.05) is 12.8 Å². The van der Waals surface area contributed by atoms with Crippen molar-refractivity contribution in [1.29, 1.82) is 0 Å². The Labute approximate surface area is 73.0 Å². The standard InChI is InChI=1S/C8H18O4/c1-3-5-6-7-8(4-2,11-9)12-10/h9-10H,3-7H2,1-2H3. The smallest absolute Gasteiger partial charge is 0.233 e. The Bertz CT molecular complexity index is 93.0. The first-order chi connectivity index (χ1) is 5.74. The largest absolute Gasteiger partial charge is 0.249 e. The maximum atomic E-state index is 8.49. The molecule has 0 aliphatic rings. The molecule has 0 fully saturated rings. The molecule has 2 N–H and O–H groups in total. The molecule has 0 heterocycles. The molecule has 74 valence electrons. The van der Waals surface area contributed by atoms with Crippen molar-refractivity contribution in [1.82, 2.24) is 0 Å². The zero-order valence-corrected chi connectivity index (χ0v) is 7.75. The van der Waals surface area contributed by atoms with E-state index in [1.807, 2.05) is 0 Å². The average molecular weight is 178 g/mol. The molecule has 0 saturated carbocycles. The Morgan fingerprint density at radius 1 is 1.08 bits per heavy atom. The Morgan fingerprint density at radius 3 is 2.00 bits per heavy atom. The quantitative estimate of drug-likeness (QED) is 0.272. The van der Waals surface area contributed by atoms with E-state index in [4.69, 9.17) is 10.5 Å². The molecule has 0 atom stereocenters. The highest BCUT2D eigenvalue weighted by Gasteiger charge is 2.30. The third kappa shape index (κ3) is 3.49. The van der Waals surface area contributed by atoms with Gasteiger partial charge in [-0.2, -0.15) is 0 Å². The fourth-order valence-corrected chi connectivity index (χ4v) is 1.06.